The van der Waals surface area contributed by atoms with Gasteiger partial charge in [0, 0.05) is 19.1 Å². The van der Waals surface area contributed by atoms with Crippen LogP contribution in [0.15, 0.2) is 4.99 Å². The van der Waals surface area contributed by atoms with Crippen molar-refractivity contribution in [3.05, 3.63) is 0 Å². The molecule has 8 heteroatoms. The molecule has 8 nitrogen and oxygen atoms in total. The molecule has 2 unspecified atom stereocenters. The Morgan fingerprint density at radius 2 is 2.05 bits per heavy atom. The van der Waals surface area contributed by atoms with Crippen molar-refractivity contribution in [2.45, 2.75) is 43.8 Å². The van der Waals surface area contributed by atoms with Gasteiger partial charge in [-0.1, -0.05) is 0 Å². The molecule has 0 bridgehead atoms. The molecule has 2 amide bonds. The van der Waals surface area contributed by atoms with E-state index in [9.17, 15) is 9.59 Å². The summed E-state index contributed by atoms with van der Waals surface area (Å²) >= 11 is 0. The number of guanidine groups is 1. The molecule has 1 heterocycles. The van der Waals surface area contributed by atoms with Gasteiger partial charge < -0.3 is 22.5 Å². The molecule has 7 N–H and O–H groups in total. The summed E-state index contributed by atoms with van der Waals surface area (Å²) < 4.78 is 0. The molecule has 1 aliphatic carbocycles. The number of piperazine rings is 1. The van der Waals surface area contributed by atoms with E-state index >= 15 is 0 Å². The monoisotopic (exact) mass is 282 g/mol. The fraction of sp³-hybridized carbons (Fsp3) is 0.750. The van der Waals surface area contributed by atoms with Gasteiger partial charge in [-0.15, -0.1) is 0 Å². The predicted octanol–water partition coefficient (Wildman–Crippen LogP) is -2.14. The average Bonchev–Trinajstić information content (AvgIpc) is 3.19. The van der Waals surface area contributed by atoms with Crippen molar-refractivity contribution in [2.75, 3.05) is 13.1 Å². The third-order valence-electron chi connectivity index (χ3n) is 3.70. The van der Waals surface area contributed by atoms with Crippen LogP contribution in [0.5, 0.6) is 0 Å². The smallest absolute Gasteiger partial charge is 0.241 e. The summed E-state index contributed by atoms with van der Waals surface area (Å²) in [6, 6.07) is -0.402. The number of rotatable bonds is 6. The Morgan fingerprint density at radius 1 is 1.35 bits per heavy atom. The first-order valence-electron chi connectivity index (χ1n) is 6.90. The Morgan fingerprint density at radius 3 is 2.60 bits per heavy atom. The average molecular weight is 282 g/mol. The lowest BCUT2D eigenvalue weighted by molar-refractivity contribution is -0.136. The number of nitrogens with two attached hydrogens (primary N) is 3. The molecule has 0 aromatic carbocycles. The molecule has 2 atom stereocenters. The van der Waals surface area contributed by atoms with Gasteiger partial charge >= 0.3 is 0 Å². The van der Waals surface area contributed by atoms with E-state index < -0.39 is 11.9 Å². The fourth-order valence-electron chi connectivity index (χ4n) is 2.56. The number of hydrogen-bond donors (Lipinski definition) is 4. The standard InChI is InChI=1S/C12H22N6O2/c13-10(19)8-6-18(7-3-4-7)9(11(20)17-8)2-1-5-16-12(14)15/h7-9H,1-6H2,(H2,13,19)(H,17,20)(H4,14,15,16). The summed E-state index contributed by atoms with van der Waals surface area (Å²) in [5.74, 6) is -0.550. The van der Waals surface area contributed by atoms with Gasteiger partial charge in [0.1, 0.15) is 6.04 Å². The summed E-state index contributed by atoms with van der Waals surface area (Å²) in [7, 11) is 0. The minimum Gasteiger partial charge on any atom is -0.370 e. The zero-order chi connectivity index (χ0) is 14.7. The number of primary amides is 1. The second-order valence-corrected chi connectivity index (χ2v) is 5.36. The Bertz CT molecular complexity index is 416. The summed E-state index contributed by atoms with van der Waals surface area (Å²) in [5.41, 5.74) is 15.8. The van der Waals surface area contributed by atoms with Crippen molar-refractivity contribution in [1.29, 1.82) is 0 Å². The molecule has 20 heavy (non-hydrogen) atoms. The summed E-state index contributed by atoms with van der Waals surface area (Å²) in [5, 5.41) is 2.69. The third-order valence-corrected chi connectivity index (χ3v) is 3.70. The normalized spacial score (nSPS) is 26.9. The molecule has 112 valence electrons. The lowest BCUT2D eigenvalue weighted by Gasteiger charge is -2.38. The van der Waals surface area contributed by atoms with E-state index in [2.05, 4.69) is 15.2 Å². The molecule has 1 saturated carbocycles. The van der Waals surface area contributed by atoms with Crippen LogP contribution in [-0.4, -0.2) is 53.9 Å². The maximum absolute atomic E-state index is 12.1. The van der Waals surface area contributed by atoms with Crippen LogP contribution in [-0.2, 0) is 9.59 Å². The van der Waals surface area contributed by atoms with E-state index in [0.717, 1.165) is 19.3 Å². The van der Waals surface area contributed by atoms with Crippen molar-refractivity contribution >= 4 is 17.8 Å². The molecule has 2 rings (SSSR count). The maximum atomic E-state index is 12.1. The minimum absolute atomic E-state index is 0.0611. The van der Waals surface area contributed by atoms with Gasteiger partial charge in [-0.25, -0.2) is 0 Å². The van der Waals surface area contributed by atoms with Crippen LogP contribution in [0.25, 0.3) is 0 Å². The van der Waals surface area contributed by atoms with Gasteiger partial charge in [0.25, 0.3) is 0 Å². The van der Waals surface area contributed by atoms with E-state index in [-0.39, 0.29) is 17.9 Å². The zero-order valence-corrected chi connectivity index (χ0v) is 11.4. The molecule has 0 spiro atoms. The molecular weight excluding hydrogens is 260 g/mol. The number of carbonyl (C=O) groups excluding carboxylic acids is 2. The highest BCUT2D eigenvalue weighted by atomic mass is 16.2. The fourth-order valence-corrected chi connectivity index (χ4v) is 2.56. The number of hydrogen-bond acceptors (Lipinski definition) is 4. The lowest BCUT2D eigenvalue weighted by atomic mass is 10.0. The topological polar surface area (TPSA) is 140 Å². The Hall–Kier alpha value is -1.83. The van der Waals surface area contributed by atoms with E-state index in [0.29, 0.717) is 25.6 Å². The first-order chi connectivity index (χ1) is 9.49. The summed E-state index contributed by atoms with van der Waals surface area (Å²) in [6.45, 7) is 1.00. The van der Waals surface area contributed by atoms with Gasteiger partial charge in [-0.3, -0.25) is 19.5 Å². The van der Waals surface area contributed by atoms with Gasteiger partial charge in [0.2, 0.25) is 11.8 Å². The van der Waals surface area contributed by atoms with Gasteiger partial charge in [0.15, 0.2) is 5.96 Å². The van der Waals surface area contributed by atoms with Gasteiger partial charge in [-0.2, -0.15) is 0 Å². The van der Waals surface area contributed by atoms with Crippen molar-refractivity contribution in [3.8, 4) is 0 Å². The highest BCUT2D eigenvalue weighted by Crippen LogP contribution is 2.31. The molecule has 0 aromatic rings. The molecule has 0 radical (unpaired) electrons. The number of carbonyl (C=O) groups is 2. The van der Waals surface area contributed by atoms with Crippen LogP contribution < -0.4 is 22.5 Å². The first-order valence-corrected chi connectivity index (χ1v) is 6.90. The quantitative estimate of drug-likeness (QED) is 0.250. The predicted molar refractivity (Wildman–Crippen MR) is 74.6 cm³/mol. The molecule has 2 aliphatic rings. The highest BCUT2D eigenvalue weighted by molar-refractivity contribution is 5.90. The minimum atomic E-state index is -0.586. The number of nitrogens with one attached hydrogen (secondary N) is 1. The van der Waals surface area contributed by atoms with Crippen molar-refractivity contribution in [2.24, 2.45) is 22.2 Å². The second kappa shape index (κ2) is 6.08. The Kier molecular flexibility index (Phi) is 4.43. The maximum Gasteiger partial charge on any atom is 0.241 e. The van der Waals surface area contributed by atoms with Crippen molar-refractivity contribution < 1.29 is 9.59 Å². The first kappa shape index (κ1) is 14.6. The van der Waals surface area contributed by atoms with Gasteiger partial charge in [-0.05, 0) is 25.7 Å². The van der Waals surface area contributed by atoms with E-state index in [4.69, 9.17) is 17.2 Å². The number of nitrogens with zero attached hydrogens (tertiary/aromatic N) is 2. The molecule has 1 aliphatic heterocycles. The summed E-state index contributed by atoms with van der Waals surface area (Å²) in [4.78, 5) is 29.4. The molecule has 2 fully saturated rings. The van der Waals surface area contributed by atoms with E-state index in [1.165, 1.54) is 0 Å². The van der Waals surface area contributed by atoms with Gasteiger partial charge in [0.05, 0.1) is 6.04 Å². The van der Waals surface area contributed by atoms with Crippen LogP contribution >= 0.6 is 0 Å². The van der Waals surface area contributed by atoms with E-state index in [1.54, 1.807) is 0 Å². The van der Waals surface area contributed by atoms with Crippen LogP contribution in [0.2, 0.25) is 0 Å². The second-order valence-electron chi connectivity index (χ2n) is 5.36. The Labute approximate surface area is 117 Å². The van der Waals surface area contributed by atoms with Crippen LogP contribution in [0.3, 0.4) is 0 Å². The summed E-state index contributed by atoms with van der Waals surface area (Å²) in [6.07, 6.45) is 3.54. The Balaban J connectivity index is 1.93. The molecule has 0 aromatic heterocycles. The third kappa shape index (κ3) is 3.60. The van der Waals surface area contributed by atoms with Crippen molar-refractivity contribution in [1.82, 2.24) is 10.2 Å². The van der Waals surface area contributed by atoms with Crippen molar-refractivity contribution in [3.63, 3.8) is 0 Å². The van der Waals surface area contributed by atoms with Crippen LogP contribution in [0.1, 0.15) is 25.7 Å². The SMILES string of the molecule is NC(=O)C1CN(C2CC2)C(CCCN=C(N)N)C(=O)N1. The highest BCUT2D eigenvalue weighted by Gasteiger charge is 2.43. The number of amides is 2. The van der Waals surface area contributed by atoms with E-state index in [1.807, 2.05) is 0 Å². The van der Waals surface area contributed by atoms with Crippen LogP contribution in [0, 0.1) is 0 Å². The van der Waals surface area contributed by atoms with Crippen LogP contribution in [0.4, 0.5) is 0 Å². The molecule has 1 saturated heterocycles. The number of aliphatic imine (C=N–C) groups is 1. The lowest BCUT2D eigenvalue weighted by Crippen LogP contribution is -2.63. The largest absolute Gasteiger partial charge is 0.370 e. The zero-order valence-electron chi connectivity index (χ0n) is 11.4. The molecular formula is C12H22N6O2.